The molecule has 2 saturated heterocycles. The van der Waals surface area contributed by atoms with Crippen LogP contribution < -0.4 is 20.3 Å². The normalized spacial score (nSPS) is 18.7. The Morgan fingerprint density at radius 2 is 1.71 bits per heavy atom. The van der Waals surface area contributed by atoms with Crippen LogP contribution in [-0.2, 0) is 14.4 Å². The van der Waals surface area contributed by atoms with Crippen molar-refractivity contribution in [2.75, 3.05) is 63.1 Å². The van der Waals surface area contributed by atoms with E-state index < -0.39 is 6.04 Å². The lowest BCUT2D eigenvalue weighted by molar-refractivity contribution is -0.145. The number of amides is 3. The Morgan fingerprint density at radius 3 is 2.37 bits per heavy atom. The first-order valence-corrected chi connectivity index (χ1v) is 12.0. The number of hydrogen-bond donors (Lipinski definition) is 2. The summed E-state index contributed by atoms with van der Waals surface area (Å²) in [4.78, 5) is 44.2. The van der Waals surface area contributed by atoms with Gasteiger partial charge in [0, 0.05) is 55.7 Å². The van der Waals surface area contributed by atoms with Crippen molar-refractivity contribution < 1.29 is 19.1 Å². The van der Waals surface area contributed by atoms with Crippen molar-refractivity contribution in [3.63, 3.8) is 0 Å². The number of carbonyl (C=O) groups is 3. The summed E-state index contributed by atoms with van der Waals surface area (Å²) in [6, 6.07) is 13.8. The Labute approximate surface area is 210 Å². The maximum absolute atomic E-state index is 13.2. The molecule has 0 spiro atoms. The fraction of sp³-hybridized carbons (Fsp3) is 0.400. The topological polar surface area (TPSA) is 94.2 Å². The van der Waals surface area contributed by atoms with Gasteiger partial charge < -0.3 is 25.2 Å². The highest BCUT2D eigenvalue weighted by atomic mass is 35.5. The minimum Gasteiger partial charge on any atom is -0.497 e. The Hall–Kier alpha value is -3.30. The Bertz CT molecular complexity index is 1040. The summed E-state index contributed by atoms with van der Waals surface area (Å²) in [6.45, 7) is 4.05. The smallest absolute Gasteiger partial charge is 0.243 e. The molecule has 4 rings (SSSR count). The number of rotatable bonds is 7. The molecule has 3 amide bonds. The van der Waals surface area contributed by atoms with Crippen molar-refractivity contribution in [1.29, 1.82) is 0 Å². The third-order valence-corrected chi connectivity index (χ3v) is 6.58. The minimum absolute atomic E-state index is 0.106. The van der Waals surface area contributed by atoms with E-state index in [1.807, 2.05) is 24.3 Å². The zero-order valence-corrected chi connectivity index (χ0v) is 20.5. The van der Waals surface area contributed by atoms with E-state index >= 15 is 0 Å². The molecule has 186 valence electrons. The molecule has 0 aliphatic carbocycles. The molecule has 9 nitrogen and oxygen atoms in total. The molecule has 2 aromatic rings. The summed E-state index contributed by atoms with van der Waals surface area (Å²) in [5, 5.41) is 6.10. The van der Waals surface area contributed by atoms with Gasteiger partial charge >= 0.3 is 0 Å². The summed E-state index contributed by atoms with van der Waals surface area (Å²) in [6.07, 6.45) is -0.106. The van der Waals surface area contributed by atoms with Gasteiger partial charge in [0.1, 0.15) is 11.8 Å². The van der Waals surface area contributed by atoms with Gasteiger partial charge in [-0.25, -0.2) is 0 Å². The molecular weight excluding hydrogens is 470 g/mol. The molecule has 10 heteroatoms. The average molecular weight is 500 g/mol. The van der Waals surface area contributed by atoms with Gasteiger partial charge in [-0.15, -0.1) is 0 Å². The molecule has 1 atom stereocenters. The van der Waals surface area contributed by atoms with Gasteiger partial charge in [-0.1, -0.05) is 11.6 Å². The molecule has 0 bridgehead atoms. The maximum Gasteiger partial charge on any atom is 0.243 e. The van der Waals surface area contributed by atoms with Crippen LogP contribution >= 0.6 is 11.6 Å². The van der Waals surface area contributed by atoms with Crippen molar-refractivity contribution >= 4 is 40.7 Å². The predicted molar refractivity (Wildman–Crippen MR) is 135 cm³/mol. The lowest BCUT2D eigenvalue weighted by Gasteiger charge is -2.39. The molecule has 2 fully saturated rings. The first-order valence-electron chi connectivity index (χ1n) is 11.7. The van der Waals surface area contributed by atoms with Crippen LogP contribution in [-0.4, -0.2) is 86.5 Å². The zero-order chi connectivity index (χ0) is 24.8. The van der Waals surface area contributed by atoms with E-state index in [-0.39, 0.29) is 30.7 Å². The highest BCUT2D eigenvalue weighted by Crippen LogP contribution is 2.21. The zero-order valence-electron chi connectivity index (χ0n) is 19.7. The summed E-state index contributed by atoms with van der Waals surface area (Å²) in [7, 11) is 1.65. The quantitative estimate of drug-likeness (QED) is 0.603. The second-order valence-corrected chi connectivity index (χ2v) is 9.05. The fourth-order valence-electron chi connectivity index (χ4n) is 4.38. The van der Waals surface area contributed by atoms with Gasteiger partial charge in [-0.2, -0.15) is 0 Å². The summed E-state index contributed by atoms with van der Waals surface area (Å²) >= 11 is 5.89. The molecule has 35 heavy (non-hydrogen) atoms. The van der Waals surface area contributed by atoms with Crippen molar-refractivity contribution in [3.8, 4) is 5.75 Å². The van der Waals surface area contributed by atoms with E-state index in [2.05, 4.69) is 20.4 Å². The maximum atomic E-state index is 13.2. The van der Waals surface area contributed by atoms with Crippen LogP contribution in [0.15, 0.2) is 48.5 Å². The van der Waals surface area contributed by atoms with Crippen LogP contribution in [0.4, 0.5) is 11.4 Å². The average Bonchev–Trinajstić information content (AvgIpc) is 2.87. The molecule has 0 aromatic heterocycles. The number of benzene rings is 2. The number of carbonyl (C=O) groups excluding carboxylic acids is 3. The Kier molecular flexibility index (Phi) is 8.09. The number of ether oxygens (including phenoxy) is 1. The predicted octanol–water partition coefficient (Wildman–Crippen LogP) is 1.83. The van der Waals surface area contributed by atoms with Crippen LogP contribution in [0.5, 0.6) is 5.75 Å². The van der Waals surface area contributed by atoms with E-state index in [9.17, 15) is 14.4 Å². The lowest BCUT2D eigenvalue weighted by Crippen LogP contribution is -2.60. The molecule has 2 aliphatic heterocycles. The van der Waals surface area contributed by atoms with Crippen molar-refractivity contribution in [2.24, 2.45) is 0 Å². The molecule has 2 N–H and O–H groups in total. The van der Waals surface area contributed by atoms with E-state index in [0.29, 0.717) is 23.8 Å². The summed E-state index contributed by atoms with van der Waals surface area (Å²) in [5.74, 6) is 0.0439. The van der Waals surface area contributed by atoms with E-state index in [4.69, 9.17) is 16.3 Å². The fourth-order valence-corrected chi connectivity index (χ4v) is 4.50. The molecule has 2 heterocycles. The van der Waals surface area contributed by atoms with E-state index in [1.54, 1.807) is 31.4 Å². The largest absolute Gasteiger partial charge is 0.497 e. The molecule has 1 unspecified atom stereocenters. The van der Waals surface area contributed by atoms with Crippen molar-refractivity contribution in [2.45, 2.75) is 12.5 Å². The third-order valence-electron chi connectivity index (χ3n) is 6.33. The monoisotopic (exact) mass is 499 g/mol. The van der Waals surface area contributed by atoms with Crippen molar-refractivity contribution in [3.05, 3.63) is 53.6 Å². The number of piperazine rings is 2. The molecule has 0 radical (unpaired) electrons. The molecule has 0 saturated carbocycles. The minimum atomic E-state index is -0.830. The first kappa shape index (κ1) is 24.8. The van der Waals surface area contributed by atoms with Crippen LogP contribution in [0, 0.1) is 0 Å². The van der Waals surface area contributed by atoms with E-state index in [1.165, 1.54) is 4.90 Å². The van der Waals surface area contributed by atoms with Gasteiger partial charge in [0.2, 0.25) is 17.7 Å². The number of anilines is 2. The Balaban J connectivity index is 1.31. The van der Waals surface area contributed by atoms with Gasteiger partial charge in [0.05, 0.1) is 20.1 Å². The number of nitrogens with zero attached hydrogens (tertiary/aromatic N) is 3. The molecule has 2 aliphatic rings. The third kappa shape index (κ3) is 6.43. The standard InChI is InChI=1S/C25H30ClN5O4/c1-35-21-8-6-20(7-9-21)30-14-12-29(13-15-30)17-24(33)31-11-10-27-25(34)22(31)16-23(32)28-19-4-2-18(26)3-5-19/h2-9,22H,10-17H2,1H3,(H,27,34)(H,28,32). The first-order chi connectivity index (χ1) is 16.9. The lowest BCUT2D eigenvalue weighted by atomic mass is 10.1. The van der Waals surface area contributed by atoms with Gasteiger partial charge in [-0.05, 0) is 48.5 Å². The van der Waals surface area contributed by atoms with Crippen molar-refractivity contribution in [1.82, 2.24) is 15.1 Å². The SMILES string of the molecule is COc1ccc(N2CCN(CC(=O)N3CCNC(=O)C3CC(=O)Nc3ccc(Cl)cc3)CC2)cc1. The Morgan fingerprint density at radius 1 is 1.03 bits per heavy atom. The summed E-state index contributed by atoms with van der Waals surface area (Å²) < 4.78 is 5.22. The van der Waals surface area contributed by atoms with Gasteiger partial charge in [0.15, 0.2) is 0 Å². The van der Waals surface area contributed by atoms with Crippen LogP contribution in [0.25, 0.3) is 0 Å². The second-order valence-electron chi connectivity index (χ2n) is 8.61. The van der Waals surface area contributed by atoms with Crippen LogP contribution in [0.3, 0.4) is 0 Å². The second kappa shape index (κ2) is 11.4. The van der Waals surface area contributed by atoms with Crippen LogP contribution in [0.2, 0.25) is 5.02 Å². The summed E-state index contributed by atoms with van der Waals surface area (Å²) in [5.41, 5.74) is 1.71. The number of hydrogen-bond acceptors (Lipinski definition) is 6. The number of methoxy groups -OCH3 is 1. The number of nitrogens with one attached hydrogen (secondary N) is 2. The van der Waals surface area contributed by atoms with Gasteiger partial charge in [0.25, 0.3) is 0 Å². The highest BCUT2D eigenvalue weighted by Gasteiger charge is 2.35. The highest BCUT2D eigenvalue weighted by molar-refractivity contribution is 6.30. The van der Waals surface area contributed by atoms with Crippen LogP contribution in [0.1, 0.15) is 6.42 Å². The van der Waals surface area contributed by atoms with Gasteiger partial charge in [-0.3, -0.25) is 19.3 Å². The number of halogens is 1. The van der Waals surface area contributed by atoms with E-state index in [0.717, 1.165) is 37.6 Å². The molecule has 2 aromatic carbocycles. The molecular formula is C25H30ClN5O4.